The minimum atomic E-state index is -0.0483. The molecule has 2 aliphatic heterocycles. The first kappa shape index (κ1) is 20.5. The van der Waals surface area contributed by atoms with Gasteiger partial charge in [-0.15, -0.1) is 0 Å². The highest BCUT2D eigenvalue weighted by Crippen LogP contribution is 2.23. The molecule has 2 saturated heterocycles. The molecule has 1 aromatic heterocycles. The highest BCUT2D eigenvalue weighted by atomic mass is 16.2. The summed E-state index contributed by atoms with van der Waals surface area (Å²) in [5, 5.41) is 5.35. The molecule has 2 aromatic carbocycles. The van der Waals surface area contributed by atoms with Crippen molar-refractivity contribution in [3.63, 3.8) is 0 Å². The van der Waals surface area contributed by atoms with Crippen LogP contribution in [0.15, 0.2) is 48.5 Å². The summed E-state index contributed by atoms with van der Waals surface area (Å²) in [5.41, 5.74) is 1.82. The highest BCUT2D eigenvalue weighted by molar-refractivity contribution is 5.93. The van der Waals surface area contributed by atoms with Crippen molar-refractivity contribution in [3.8, 4) is 0 Å². The number of aromatic nitrogens is 2. The number of urea groups is 1. The van der Waals surface area contributed by atoms with Crippen LogP contribution in [0.25, 0.3) is 10.8 Å². The fourth-order valence-electron chi connectivity index (χ4n) is 4.54. The molecule has 0 bridgehead atoms. The standard InChI is InChI=1S/C25H30N6O/c1-19-17-23(28-24(26-19)30-11-5-2-6-12-30)29-13-15-31(16-14-29)25(32)27-22-10-9-20-7-3-4-8-21(20)18-22/h3-4,7-10,17-18H,2,5-6,11-16H2,1H3,(H,27,32). The second-order valence-corrected chi connectivity index (χ2v) is 8.68. The summed E-state index contributed by atoms with van der Waals surface area (Å²) < 4.78 is 0. The van der Waals surface area contributed by atoms with Crippen molar-refractivity contribution in [2.45, 2.75) is 26.2 Å². The van der Waals surface area contributed by atoms with E-state index in [0.29, 0.717) is 13.1 Å². The SMILES string of the molecule is Cc1cc(N2CCN(C(=O)Nc3ccc4ccccc4c3)CC2)nc(N2CCCCC2)n1. The van der Waals surface area contributed by atoms with E-state index in [9.17, 15) is 4.79 Å². The van der Waals surface area contributed by atoms with Crippen LogP contribution in [0.1, 0.15) is 25.0 Å². The first-order valence-corrected chi connectivity index (χ1v) is 11.6. The van der Waals surface area contributed by atoms with E-state index in [1.54, 1.807) is 0 Å². The summed E-state index contributed by atoms with van der Waals surface area (Å²) in [5.74, 6) is 1.81. The number of carbonyl (C=O) groups is 1. The Morgan fingerprint density at radius 2 is 1.56 bits per heavy atom. The second-order valence-electron chi connectivity index (χ2n) is 8.68. The van der Waals surface area contributed by atoms with Gasteiger partial charge in [0.1, 0.15) is 5.82 Å². The van der Waals surface area contributed by atoms with Crippen molar-refractivity contribution >= 4 is 34.3 Å². The highest BCUT2D eigenvalue weighted by Gasteiger charge is 2.23. The van der Waals surface area contributed by atoms with Crippen LogP contribution >= 0.6 is 0 Å². The number of rotatable bonds is 3. The zero-order valence-corrected chi connectivity index (χ0v) is 18.6. The lowest BCUT2D eigenvalue weighted by molar-refractivity contribution is 0.208. The molecule has 2 amide bonds. The first-order valence-electron chi connectivity index (χ1n) is 11.6. The Morgan fingerprint density at radius 3 is 2.34 bits per heavy atom. The maximum Gasteiger partial charge on any atom is 0.321 e. The Kier molecular flexibility index (Phi) is 5.79. The summed E-state index contributed by atoms with van der Waals surface area (Å²) in [7, 11) is 0. The molecule has 32 heavy (non-hydrogen) atoms. The Hall–Kier alpha value is -3.35. The molecular formula is C25H30N6O. The number of aryl methyl sites for hydroxylation is 1. The number of amides is 2. The number of carbonyl (C=O) groups excluding carboxylic acids is 1. The number of benzene rings is 2. The van der Waals surface area contributed by atoms with Crippen molar-refractivity contribution < 1.29 is 4.79 Å². The molecule has 0 aliphatic carbocycles. The lowest BCUT2D eigenvalue weighted by Crippen LogP contribution is -2.50. The molecule has 0 unspecified atom stereocenters. The molecule has 0 atom stereocenters. The Balaban J connectivity index is 1.21. The second kappa shape index (κ2) is 9.02. The minimum absolute atomic E-state index is 0.0483. The summed E-state index contributed by atoms with van der Waals surface area (Å²) in [6.07, 6.45) is 3.70. The summed E-state index contributed by atoms with van der Waals surface area (Å²) in [6, 6.07) is 16.2. The van der Waals surface area contributed by atoms with Crippen LogP contribution in [-0.4, -0.2) is 60.2 Å². The average molecular weight is 431 g/mol. The fourth-order valence-corrected chi connectivity index (χ4v) is 4.54. The van der Waals surface area contributed by atoms with E-state index in [0.717, 1.165) is 54.7 Å². The van der Waals surface area contributed by atoms with Crippen LogP contribution in [-0.2, 0) is 0 Å². The molecule has 166 valence electrons. The topological polar surface area (TPSA) is 64.6 Å². The van der Waals surface area contributed by atoms with Gasteiger partial charge in [0.15, 0.2) is 0 Å². The van der Waals surface area contributed by atoms with Gasteiger partial charge in [-0.25, -0.2) is 9.78 Å². The molecule has 0 spiro atoms. The largest absolute Gasteiger partial charge is 0.353 e. The lowest BCUT2D eigenvalue weighted by atomic mass is 10.1. The number of hydrogen-bond acceptors (Lipinski definition) is 5. The fraction of sp³-hybridized carbons (Fsp3) is 0.400. The van der Waals surface area contributed by atoms with Gasteiger partial charge in [-0.05, 0) is 49.1 Å². The van der Waals surface area contributed by atoms with Crippen molar-refractivity contribution in [2.75, 3.05) is 54.4 Å². The number of hydrogen-bond donors (Lipinski definition) is 1. The average Bonchev–Trinajstić information content (AvgIpc) is 2.84. The Labute approximate surface area is 189 Å². The van der Waals surface area contributed by atoms with Gasteiger partial charge in [-0.2, -0.15) is 4.98 Å². The predicted octanol–water partition coefficient (Wildman–Crippen LogP) is 4.28. The number of nitrogens with one attached hydrogen (secondary N) is 1. The normalized spacial score (nSPS) is 17.0. The molecule has 0 radical (unpaired) electrons. The third-order valence-electron chi connectivity index (χ3n) is 6.36. The maximum absolute atomic E-state index is 12.8. The van der Waals surface area contributed by atoms with E-state index in [1.807, 2.05) is 42.2 Å². The van der Waals surface area contributed by atoms with Crippen molar-refractivity contribution in [3.05, 3.63) is 54.2 Å². The van der Waals surface area contributed by atoms with Gasteiger partial charge in [0, 0.05) is 56.7 Å². The summed E-state index contributed by atoms with van der Waals surface area (Å²) >= 11 is 0. The molecular weight excluding hydrogens is 400 g/mol. The van der Waals surface area contributed by atoms with Crippen LogP contribution in [0.5, 0.6) is 0 Å². The molecule has 5 rings (SSSR count). The van der Waals surface area contributed by atoms with Gasteiger partial charge in [0.2, 0.25) is 5.95 Å². The summed E-state index contributed by atoms with van der Waals surface area (Å²) in [6.45, 7) is 6.97. The quantitative estimate of drug-likeness (QED) is 0.672. The van der Waals surface area contributed by atoms with E-state index in [4.69, 9.17) is 4.98 Å². The predicted molar refractivity (Wildman–Crippen MR) is 130 cm³/mol. The van der Waals surface area contributed by atoms with Crippen LogP contribution < -0.4 is 15.1 Å². The lowest BCUT2D eigenvalue weighted by Gasteiger charge is -2.36. The number of nitrogens with zero attached hydrogens (tertiary/aromatic N) is 5. The smallest absolute Gasteiger partial charge is 0.321 e. The minimum Gasteiger partial charge on any atom is -0.353 e. The van der Waals surface area contributed by atoms with Gasteiger partial charge in [-0.3, -0.25) is 0 Å². The molecule has 7 heteroatoms. The molecule has 3 aromatic rings. The van der Waals surface area contributed by atoms with Gasteiger partial charge in [0.05, 0.1) is 0 Å². The third kappa shape index (κ3) is 4.47. The first-order chi connectivity index (χ1) is 15.7. The van der Waals surface area contributed by atoms with Crippen LogP contribution in [0.4, 0.5) is 22.2 Å². The Morgan fingerprint density at radius 1 is 0.812 bits per heavy atom. The molecule has 3 heterocycles. The number of piperidine rings is 1. The number of anilines is 3. The van der Waals surface area contributed by atoms with E-state index in [1.165, 1.54) is 24.6 Å². The number of fused-ring (bicyclic) bond motifs is 1. The maximum atomic E-state index is 12.8. The third-order valence-corrected chi connectivity index (χ3v) is 6.36. The molecule has 7 nitrogen and oxygen atoms in total. The van der Waals surface area contributed by atoms with Gasteiger partial charge >= 0.3 is 6.03 Å². The van der Waals surface area contributed by atoms with Gasteiger partial charge in [-0.1, -0.05) is 30.3 Å². The van der Waals surface area contributed by atoms with Crippen molar-refractivity contribution in [2.24, 2.45) is 0 Å². The van der Waals surface area contributed by atoms with E-state index >= 15 is 0 Å². The van der Waals surface area contributed by atoms with E-state index in [-0.39, 0.29) is 6.03 Å². The monoisotopic (exact) mass is 430 g/mol. The van der Waals surface area contributed by atoms with Crippen molar-refractivity contribution in [1.29, 1.82) is 0 Å². The molecule has 1 N–H and O–H groups in total. The van der Waals surface area contributed by atoms with Crippen LogP contribution in [0, 0.1) is 6.92 Å². The molecule has 0 saturated carbocycles. The van der Waals surface area contributed by atoms with Gasteiger partial charge in [0.25, 0.3) is 0 Å². The Bertz CT molecular complexity index is 1100. The van der Waals surface area contributed by atoms with Crippen LogP contribution in [0.3, 0.4) is 0 Å². The zero-order valence-electron chi connectivity index (χ0n) is 18.6. The van der Waals surface area contributed by atoms with E-state index in [2.05, 4.69) is 38.3 Å². The van der Waals surface area contributed by atoms with Crippen molar-refractivity contribution in [1.82, 2.24) is 14.9 Å². The molecule has 2 aliphatic rings. The summed E-state index contributed by atoms with van der Waals surface area (Å²) in [4.78, 5) is 28.8. The number of piperazine rings is 1. The zero-order chi connectivity index (χ0) is 21.9. The molecule has 2 fully saturated rings. The van der Waals surface area contributed by atoms with Crippen LogP contribution in [0.2, 0.25) is 0 Å². The van der Waals surface area contributed by atoms with E-state index < -0.39 is 0 Å². The van der Waals surface area contributed by atoms with Gasteiger partial charge < -0.3 is 20.0 Å².